The Balaban J connectivity index is 0.00000156. The first-order chi connectivity index (χ1) is 10.7. The first-order valence-corrected chi connectivity index (χ1v) is 7.40. The smallest absolute Gasteiger partial charge is 0.354 e. The largest absolute Gasteiger partial charge is 1.00 e. The number of pyridine rings is 1. The van der Waals surface area contributed by atoms with Gasteiger partial charge in [0.05, 0.1) is 17.8 Å². The number of carboxylic acids is 1. The number of benzene rings is 1. The van der Waals surface area contributed by atoms with E-state index in [0.717, 1.165) is 52.6 Å². The Kier molecular flexibility index (Phi) is 4.07. The van der Waals surface area contributed by atoms with Crippen LogP contribution in [0, 0.1) is 0 Å². The number of fused-ring (bicyclic) bond motifs is 3. The summed E-state index contributed by atoms with van der Waals surface area (Å²) in [7, 11) is 0. The van der Waals surface area contributed by atoms with Crippen LogP contribution >= 0.6 is 0 Å². The molecule has 6 heteroatoms. The minimum atomic E-state index is -0.992. The highest BCUT2D eigenvalue weighted by Gasteiger charge is 2.19. The van der Waals surface area contributed by atoms with Crippen LogP contribution in [-0.2, 0) is 0 Å². The molecule has 3 aromatic rings. The van der Waals surface area contributed by atoms with E-state index in [2.05, 4.69) is 21.4 Å². The fourth-order valence-corrected chi connectivity index (χ4v) is 3.10. The Hall–Kier alpha value is -2.37. The summed E-state index contributed by atoms with van der Waals surface area (Å²) in [5, 5.41) is 13.6. The highest BCUT2D eigenvalue weighted by atomic mass is 35.5. The summed E-state index contributed by atoms with van der Waals surface area (Å²) in [5.41, 5.74) is 3.89. The fourth-order valence-electron chi connectivity index (χ4n) is 3.10. The van der Waals surface area contributed by atoms with Gasteiger partial charge in [0, 0.05) is 28.3 Å². The lowest BCUT2D eigenvalue weighted by atomic mass is 10.0. The molecule has 0 spiro atoms. The molecule has 23 heavy (non-hydrogen) atoms. The van der Waals surface area contributed by atoms with Gasteiger partial charge < -0.3 is 27.8 Å². The van der Waals surface area contributed by atoms with E-state index in [1.54, 1.807) is 6.07 Å². The van der Waals surface area contributed by atoms with Gasteiger partial charge in [-0.1, -0.05) is 24.3 Å². The maximum absolute atomic E-state index is 11.4. The minimum Gasteiger partial charge on any atom is -1.00 e. The Bertz CT molecular complexity index is 930. The topological polar surface area (TPSA) is 82.6 Å². The van der Waals surface area contributed by atoms with Crippen molar-refractivity contribution < 1.29 is 27.6 Å². The van der Waals surface area contributed by atoms with Crippen LogP contribution in [-0.4, -0.2) is 34.1 Å². The Morgan fingerprint density at radius 3 is 2.83 bits per heavy atom. The molecule has 1 aliphatic rings. The number of hydrogen-bond donors (Lipinski definition) is 3. The van der Waals surface area contributed by atoms with Gasteiger partial charge in [0.15, 0.2) is 0 Å². The van der Waals surface area contributed by atoms with Crippen LogP contribution < -0.4 is 17.7 Å². The molecule has 4 rings (SSSR count). The standard InChI is InChI=1S/C17H15N3O2.ClH/c21-17(22)14-8-12-11-5-1-2-6-13(11)19-16(12)15(20-14)10-4-3-7-18-9-10;/h1-2,4-6,8,18-19H,3,7,9H2,(H,21,22);1H. The number of aromatic amines is 1. The third-order valence-electron chi connectivity index (χ3n) is 4.15. The van der Waals surface area contributed by atoms with Crippen LogP contribution in [0.5, 0.6) is 0 Å². The van der Waals surface area contributed by atoms with Gasteiger partial charge in [0.25, 0.3) is 0 Å². The van der Waals surface area contributed by atoms with Gasteiger partial charge in [0.2, 0.25) is 0 Å². The lowest BCUT2D eigenvalue weighted by molar-refractivity contribution is -0.644. The molecule has 0 saturated carbocycles. The zero-order valence-corrected chi connectivity index (χ0v) is 13.1. The number of aromatic nitrogens is 2. The molecule has 0 bridgehead atoms. The second-order valence-electron chi connectivity index (χ2n) is 5.55. The quantitative estimate of drug-likeness (QED) is 0.550. The van der Waals surface area contributed by atoms with Crippen LogP contribution in [0.2, 0.25) is 0 Å². The summed E-state index contributed by atoms with van der Waals surface area (Å²) >= 11 is 0. The van der Waals surface area contributed by atoms with Crippen molar-refractivity contribution in [3.63, 3.8) is 0 Å². The highest BCUT2D eigenvalue weighted by Crippen LogP contribution is 2.30. The summed E-state index contributed by atoms with van der Waals surface area (Å²) in [6, 6.07) is 9.60. The molecule has 0 atom stereocenters. The third-order valence-corrected chi connectivity index (χ3v) is 4.15. The van der Waals surface area contributed by atoms with E-state index in [1.807, 2.05) is 24.3 Å². The van der Waals surface area contributed by atoms with Crippen molar-refractivity contribution in [2.75, 3.05) is 13.1 Å². The molecule has 0 amide bonds. The van der Waals surface area contributed by atoms with Crippen molar-refractivity contribution >= 4 is 33.3 Å². The summed E-state index contributed by atoms with van der Waals surface area (Å²) in [6.45, 7) is 1.90. The van der Waals surface area contributed by atoms with Gasteiger partial charge in [-0.25, -0.2) is 9.78 Å². The number of nitrogens with one attached hydrogen (secondary N) is 1. The number of quaternary nitrogens is 1. The normalized spacial score (nSPS) is 14.5. The molecule has 4 N–H and O–H groups in total. The minimum absolute atomic E-state index is 0. The number of nitrogens with zero attached hydrogens (tertiary/aromatic N) is 1. The maximum Gasteiger partial charge on any atom is 0.354 e. The van der Waals surface area contributed by atoms with Crippen molar-refractivity contribution in [1.82, 2.24) is 9.97 Å². The first-order valence-electron chi connectivity index (χ1n) is 7.40. The molecule has 0 unspecified atom stereocenters. The summed E-state index contributed by atoms with van der Waals surface area (Å²) in [6.07, 6.45) is 3.15. The van der Waals surface area contributed by atoms with Crippen LogP contribution in [0.3, 0.4) is 0 Å². The van der Waals surface area contributed by atoms with Crippen molar-refractivity contribution in [3.8, 4) is 0 Å². The number of carboxylic acid groups (broad SMARTS) is 1. The van der Waals surface area contributed by atoms with Crippen molar-refractivity contribution in [2.24, 2.45) is 0 Å². The third kappa shape index (κ3) is 2.58. The SMILES string of the molecule is O=C(O)c1cc2c([nH]c3ccccc32)c(C2=CCC[NH2+]C2)n1.[Cl-]. The number of aromatic carboxylic acids is 1. The molecule has 0 saturated heterocycles. The average Bonchev–Trinajstić information content (AvgIpc) is 2.93. The van der Waals surface area contributed by atoms with E-state index in [9.17, 15) is 9.90 Å². The molecule has 1 aliphatic heterocycles. The van der Waals surface area contributed by atoms with E-state index in [0.29, 0.717) is 0 Å². The summed E-state index contributed by atoms with van der Waals surface area (Å²) in [4.78, 5) is 19.2. The van der Waals surface area contributed by atoms with Crippen LogP contribution in [0.4, 0.5) is 0 Å². The Morgan fingerprint density at radius 1 is 1.26 bits per heavy atom. The fraction of sp³-hybridized carbons (Fsp3) is 0.176. The van der Waals surface area contributed by atoms with Crippen molar-refractivity contribution in [3.05, 3.63) is 47.8 Å². The lowest BCUT2D eigenvalue weighted by Gasteiger charge is -2.12. The molecular formula is C17H16ClN3O2. The van der Waals surface area contributed by atoms with E-state index in [4.69, 9.17) is 0 Å². The van der Waals surface area contributed by atoms with Gasteiger partial charge in [-0.05, 0) is 12.1 Å². The molecule has 0 radical (unpaired) electrons. The molecule has 3 heterocycles. The van der Waals surface area contributed by atoms with E-state index in [-0.39, 0.29) is 18.1 Å². The van der Waals surface area contributed by atoms with Gasteiger partial charge in [-0.2, -0.15) is 0 Å². The average molecular weight is 330 g/mol. The predicted octanol–water partition coefficient (Wildman–Crippen LogP) is -1.23. The second-order valence-corrected chi connectivity index (χ2v) is 5.55. The predicted molar refractivity (Wildman–Crippen MR) is 84.8 cm³/mol. The van der Waals surface area contributed by atoms with Crippen LogP contribution in [0.1, 0.15) is 22.6 Å². The summed E-state index contributed by atoms with van der Waals surface area (Å²) in [5.74, 6) is -0.992. The second kappa shape index (κ2) is 6.02. The molecule has 5 nitrogen and oxygen atoms in total. The lowest BCUT2D eigenvalue weighted by Crippen LogP contribution is -3.00. The van der Waals surface area contributed by atoms with Gasteiger partial charge in [-0.3, -0.25) is 0 Å². The first kappa shape index (κ1) is 15.5. The molecule has 0 aliphatic carbocycles. The molecular weight excluding hydrogens is 314 g/mol. The molecule has 1 aromatic carbocycles. The summed E-state index contributed by atoms with van der Waals surface area (Å²) < 4.78 is 0. The monoisotopic (exact) mass is 329 g/mol. The molecule has 0 fully saturated rings. The van der Waals surface area contributed by atoms with Crippen molar-refractivity contribution in [2.45, 2.75) is 6.42 Å². The number of H-pyrrole nitrogens is 1. The van der Waals surface area contributed by atoms with Crippen LogP contribution in [0.15, 0.2) is 36.4 Å². The number of para-hydroxylation sites is 1. The number of halogens is 1. The maximum atomic E-state index is 11.4. The van der Waals surface area contributed by atoms with E-state index in [1.165, 1.54) is 0 Å². The highest BCUT2D eigenvalue weighted by molar-refractivity contribution is 6.11. The van der Waals surface area contributed by atoms with E-state index >= 15 is 0 Å². The Morgan fingerprint density at radius 2 is 2.09 bits per heavy atom. The van der Waals surface area contributed by atoms with Gasteiger partial charge in [-0.15, -0.1) is 0 Å². The van der Waals surface area contributed by atoms with E-state index < -0.39 is 5.97 Å². The Labute approximate surface area is 138 Å². The number of carbonyl (C=O) groups is 1. The van der Waals surface area contributed by atoms with Gasteiger partial charge in [0.1, 0.15) is 12.2 Å². The number of rotatable bonds is 2. The number of hydrogen-bond acceptors (Lipinski definition) is 2. The molecule has 118 valence electrons. The zero-order valence-electron chi connectivity index (χ0n) is 12.3. The van der Waals surface area contributed by atoms with Gasteiger partial charge >= 0.3 is 5.97 Å². The van der Waals surface area contributed by atoms with Crippen LogP contribution in [0.25, 0.3) is 27.4 Å². The zero-order chi connectivity index (χ0) is 15.1. The van der Waals surface area contributed by atoms with Crippen molar-refractivity contribution in [1.29, 1.82) is 0 Å². The molecule has 2 aromatic heterocycles. The number of nitrogens with two attached hydrogens (primary N) is 1.